The molecule has 1 unspecified atom stereocenters. The van der Waals surface area contributed by atoms with Gasteiger partial charge in [0.1, 0.15) is 5.70 Å². The highest BCUT2D eigenvalue weighted by molar-refractivity contribution is 7.77. The molecular formula is C14H21N3O7S. The molecule has 2 heterocycles. The molecule has 0 bridgehead atoms. The summed E-state index contributed by atoms with van der Waals surface area (Å²) in [5.41, 5.74) is 0.367. The van der Waals surface area contributed by atoms with Gasteiger partial charge in [-0.2, -0.15) is 0 Å². The van der Waals surface area contributed by atoms with Crippen LogP contribution in [-0.4, -0.2) is 78.8 Å². The van der Waals surface area contributed by atoms with Crippen LogP contribution >= 0.6 is 0 Å². The maximum Gasteiger partial charge on any atom is 0.352 e. The highest BCUT2D eigenvalue weighted by Crippen LogP contribution is 2.47. The van der Waals surface area contributed by atoms with Gasteiger partial charge >= 0.3 is 5.97 Å². The van der Waals surface area contributed by atoms with E-state index in [4.69, 9.17) is 4.55 Å². The zero-order chi connectivity index (χ0) is 19.0. The summed E-state index contributed by atoms with van der Waals surface area (Å²) < 4.78 is 21.0. The van der Waals surface area contributed by atoms with Crippen LogP contribution in [0.1, 0.15) is 13.8 Å². The molecule has 10 nitrogen and oxygen atoms in total. The van der Waals surface area contributed by atoms with E-state index in [2.05, 4.69) is 0 Å². The highest BCUT2D eigenvalue weighted by atomic mass is 32.2. The molecule has 0 spiro atoms. The van der Waals surface area contributed by atoms with E-state index in [0.29, 0.717) is 5.57 Å². The van der Waals surface area contributed by atoms with Crippen molar-refractivity contribution in [2.75, 3.05) is 20.1 Å². The summed E-state index contributed by atoms with van der Waals surface area (Å²) in [5, 5.41) is 19.3. The van der Waals surface area contributed by atoms with E-state index >= 15 is 0 Å². The van der Waals surface area contributed by atoms with Crippen molar-refractivity contribution >= 4 is 29.1 Å². The van der Waals surface area contributed by atoms with Gasteiger partial charge in [-0.3, -0.25) is 23.8 Å². The van der Waals surface area contributed by atoms with E-state index in [-0.39, 0.29) is 24.7 Å². The van der Waals surface area contributed by atoms with Crippen molar-refractivity contribution in [2.45, 2.75) is 26.0 Å². The topological polar surface area (TPSA) is 147 Å². The van der Waals surface area contributed by atoms with Crippen LogP contribution in [0, 0.1) is 11.8 Å². The molecule has 0 aromatic carbocycles. The number of hydrogen-bond acceptors (Lipinski definition) is 6. The zero-order valence-electron chi connectivity index (χ0n) is 14.0. The number of fused-ring (bicyclic) bond motifs is 1. The van der Waals surface area contributed by atoms with E-state index in [9.17, 15) is 28.8 Å². The minimum atomic E-state index is -2.47. The largest absolute Gasteiger partial charge is 0.477 e. The number of hydrogen-bond donors (Lipinski definition) is 4. The Morgan fingerprint density at radius 3 is 2.52 bits per heavy atom. The van der Waals surface area contributed by atoms with Crippen molar-refractivity contribution in [3.63, 3.8) is 0 Å². The Hall–Kier alpha value is -1.82. The summed E-state index contributed by atoms with van der Waals surface area (Å²) in [6.07, 6.45) is -0.881. The quantitative estimate of drug-likeness (QED) is 0.306. The van der Waals surface area contributed by atoms with Crippen molar-refractivity contribution in [2.24, 2.45) is 11.8 Å². The summed E-state index contributed by atoms with van der Waals surface area (Å²) in [6, 6.07) is -0.416. The van der Waals surface area contributed by atoms with Gasteiger partial charge in [-0.25, -0.2) is 9.00 Å². The fourth-order valence-electron chi connectivity index (χ4n) is 3.57. The summed E-state index contributed by atoms with van der Waals surface area (Å²) in [4.78, 5) is 38.1. The number of rotatable bonds is 7. The van der Waals surface area contributed by atoms with E-state index in [0.717, 1.165) is 0 Å². The summed E-state index contributed by atoms with van der Waals surface area (Å²) in [6.45, 7) is 3.16. The monoisotopic (exact) mass is 375 g/mol. The molecule has 2 aliphatic rings. The molecule has 1 fully saturated rings. The predicted octanol–water partition coefficient (Wildman–Crippen LogP) is -1.63. The van der Waals surface area contributed by atoms with Gasteiger partial charge in [0.15, 0.2) is 0 Å². The van der Waals surface area contributed by atoms with Crippen molar-refractivity contribution < 1.29 is 33.4 Å². The Morgan fingerprint density at radius 1 is 1.44 bits per heavy atom. The van der Waals surface area contributed by atoms with E-state index < -0.39 is 47.1 Å². The van der Waals surface area contributed by atoms with Gasteiger partial charge in [0.2, 0.25) is 11.8 Å². The third kappa shape index (κ3) is 3.59. The smallest absolute Gasteiger partial charge is 0.352 e. The third-order valence-electron chi connectivity index (χ3n) is 4.57. The number of amides is 2. The van der Waals surface area contributed by atoms with Gasteiger partial charge in [0, 0.05) is 12.5 Å². The van der Waals surface area contributed by atoms with Crippen molar-refractivity contribution in [1.82, 2.24) is 14.5 Å². The van der Waals surface area contributed by atoms with Gasteiger partial charge in [-0.15, -0.1) is 0 Å². The molecule has 2 amide bonds. The number of carboxylic acid groups (broad SMARTS) is 1. The predicted molar refractivity (Wildman–Crippen MR) is 86.0 cm³/mol. The summed E-state index contributed by atoms with van der Waals surface area (Å²) >= 11 is -2.47. The Bertz CT molecular complexity index is 663. The van der Waals surface area contributed by atoms with Gasteiger partial charge in [0.05, 0.1) is 24.6 Å². The highest BCUT2D eigenvalue weighted by Gasteiger charge is 2.59. The molecule has 0 aliphatic carbocycles. The first-order valence-electron chi connectivity index (χ1n) is 7.62. The average molecular weight is 375 g/mol. The molecule has 0 aromatic rings. The molecule has 0 radical (unpaired) electrons. The second-order valence-electron chi connectivity index (χ2n) is 6.38. The second-order valence-corrected chi connectivity index (χ2v) is 7.08. The molecule has 5 atom stereocenters. The number of carbonyl (C=O) groups is 3. The number of aliphatic hydroxyl groups excluding tert-OH is 1. The van der Waals surface area contributed by atoms with Gasteiger partial charge in [-0.1, -0.05) is 6.92 Å². The van der Waals surface area contributed by atoms with Gasteiger partial charge in [0.25, 0.3) is 11.3 Å². The molecule has 1 saturated heterocycles. The fourth-order valence-corrected chi connectivity index (χ4v) is 3.83. The second kappa shape index (κ2) is 7.20. The lowest BCUT2D eigenvalue weighted by Crippen LogP contribution is -2.63. The maximum atomic E-state index is 12.2. The normalized spacial score (nSPS) is 27.8. The lowest BCUT2D eigenvalue weighted by molar-refractivity contribution is -0.163. The Labute approximate surface area is 146 Å². The minimum absolute atomic E-state index is 0.0983. The number of aliphatic hydroxyl groups is 1. The number of nitrogens with one attached hydrogen (secondary N) is 1. The Morgan fingerprint density at radius 2 is 2.04 bits per heavy atom. The molecular weight excluding hydrogens is 354 g/mol. The number of nitrogens with zero attached hydrogens (tertiary/aromatic N) is 2. The van der Waals surface area contributed by atoms with Crippen LogP contribution in [0.4, 0.5) is 0 Å². The molecule has 0 aromatic heterocycles. The molecule has 4 N–H and O–H groups in total. The third-order valence-corrected chi connectivity index (χ3v) is 4.98. The molecule has 2 rings (SSSR count). The minimum Gasteiger partial charge on any atom is -0.477 e. The molecule has 0 saturated carbocycles. The van der Waals surface area contributed by atoms with Gasteiger partial charge in [-0.05, 0) is 19.5 Å². The lowest BCUT2D eigenvalue weighted by atomic mass is 9.77. The molecule has 2 aliphatic heterocycles. The Balaban J connectivity index is 2.18. The standard InChI is InChI=1S/C14H21N3O7S/c1-6-8(4-16(3)5-9(19)15-25(23)24)12(14(21)22)17-11(6)10(7(2)18)13(17)20/h6-7,10-11,18H,4-5H2,1-3H3,(H,15,19)(H,21,22)(H,23,24)/t6-,7+,10+,11+/m0/s1. The van der Waals surface area contributed by atoms with E-state index in [1.54, 1.807) is 14.0 Å². The molecule has 11 heteroatoms. The first-order chi connectivity index (χ1) is 11.6. The van der Waals surface area contributed by atoms with Crippen LogP contribution in [0.25, 0.3) is 0 Å². The Kier molecular flexibility index (Phi) is 5.62. The number of carboxylic acids is 1. The van der Waals surface area contributed by atoms with Crippen molar-refractivity contribution in [1.29, 1.82) is 0 Å². The fraction of sp³-hybridized carbons (Fsp3) is 0.643. The van der Waals surface area contributed by atoms with Crippen molar-refractivity contribution in [3.8, 4) is 0 Å². The molecule has 25 heavy (non-hydrogen) atoms. The SMILES string of the molecule is C[C@@H](O)[C@H]1C(=O)N2C(C(=O)O)=C(CN(C)CC(=O)NS(=O)O)[C@H](C)[C@H]12. The zero-order valence-corrected chi connectivity index (χ0v) is 14.8. The summed E-state index contributed by atoms with van der Waals surface area (Å²) in [7, 11) is 1.56. The van der Waals surface area contributed by atoms with E-state index in [1.165, 1.54) is 16.7 Å². The number of β-lactam (4-membered cyclic amide) rings is 1. The van der Waals surface area contributed by atoms with Crippen molar-refractivity contribution in [3.05, 3.63) is 11.3 Å². The van der Waals surface area contributed by atoms with Crippen LogP contribution < -0.4 is 4.72 Å². The average Bonchev–Trinajstić information content (AvgIpc) is 2.67. The number of aliphatic carboxylic acids is 1. The van der Waals surface area contributed by atoms with Gasteiger partial charge < -0.3 is 15.1 Å². The van der Waals surface area contributed by atoms with Crippen LogP contribution in [0.15, 0.2) is 11.3 Å². The van der Waals surface area contributed by atoms with Crippen LogP contribution in [-0.2, 0) is 25.7 Å². The molecule has 140 valence electrons. The maximum absolute atomic E-state index is 12.2. The van der Waals surface area contributed by atoms with Crippen LogP contribution in [0.3, 0.4) is 0 Å². The number of carbonyl (C=O) groups excluding carboxylic acids is 2. The first-order valence-corrected chi connectivity index (χ1v) is 8.73. The lowest BCUT2D eigenvalue weighted by Gasteiger charge is -2.46. The van der Waals surface area contributed by atoms with E-state index in [1.807, 2.05) is 4.72 Å². The summed E-state index contributed by atoms with van der Waals surface area (Å²) in [5.74, 6) is -3.29. The van der Waals surface area contributed by atoms with Crippen LogP contribution in [0.2, 0.25) is 0 Å². The first kappa shape index (κ1) is 19.5. The number of likely N-dealkylation sites (N-methyl/N-ethyl adjacent to an activating group) is 1. The van der Waals surface area contributed by atoms with Crippen LogP contribution in [0.5, 0.6) is 0 Å².